The van der Waals surface area contributed by atoms with Crippen LogP contribution in [0.25, 0.3) is 0 Å². The van der Waals surface area contributed by atoms with Crippen molar-refractivity contribution in [2.24, 2.45) is 0 Å². The first-order valence-electron chi connectivity index (χ1n) is 6.65. The summed E-state index contributed by atoms with van der Waals surface area (Å²) >= 11 is 0. The van der Waals surface area contributed by atoms with E-state index in [9.17, 15) is 0 Å². The smallest absolute Gasteiger partial charge is 0.137 e. The van der Waals surface area contributed by atoms with E-state index in [1.165, 1.54) is 0 Å². The van der Waals surface area contributed by atoms with Gasteiger partial charge < -0.3 is 15.3 Å². The lowest BCUT2D eigenvalue weighted by Gasteiger charge is -2.24. The van der Waals surface area contributed by atoms with Crippen LogP contribution in [0.3, 0.4) is 0 Å². The molecule has 0 bridgehead atoms. The molecule has 0 aromatic carbocycles. The molecule has 1 aromatic heterocycles. The maximum Gasteiger partial charge on any atom is 0.137 e. The van der Waals surface area contributed by atoms with Crippen molar-refractivity contribution in [3.05, 3.63) is 11.9 Å². The van der Waals surface area contributed by atoms with Crippen LogP contribution in [-0.2, 0) is 0 Å². The Balaban J connectivity index is 2.91. The molecule has 5 heteroatoms. The van der Waals surface area contributed by atoms with Gasteiger partial charge in [-0.1, -0.05) is 13.8 Å². The molecule has 1 heterocycles. The molecule has 0 aliphatic heterocycles. The highest BCUT2D eigenvalue weighted by Gasteiger charge is 2.12. The van der Waals surface area contributed by atoms with Crippen LogP contribution < -0.4 is 10.2 Å². The summed E-state index contributed by atoms with van der Waals surface area (Å²) in [4.78, 5) is 10.7. The molecule has 5 nitrogen and oxygen atoms in total. The molecule has 0 unspecified atom stereocenters. The lowest BCUT2D eigenvalue weighted by atomic mass is 10.2. The second kappa shape index (κ2) is 7.87. The van der Waals surface area contributed by atoms with Gasteiger partial charge in [-0.15, -0.1) is 0 Å². The van der Waals surface area contributed by atoms with Crippen molar-refractivity contribution in [2.75, 3.05) is 36.5 Å². The molecule has 0 saturated heterocycles. The first kappa shape index (κ1) is 14.7. The summed E-state index contributed by atoms with van der Waals surface area (Å²) in [5.74, 6) is 1.81. The Morgan fingerprint density at radius 2 is 2.00 bits per heavy atom. The van der Waals surface area contributed by atoms with Crippen molar-refractivity contribution < 1.29 is 5.11 Å². The third-order valence-corrected chi connectivity index (χ3v) is 2.76. The Kier molecular flexibility index (Phi) is 6.43. The zero-order valence-corrected chi connectivity index (χ0v) is 11.6. The van der Waals surface area contributed by atoms with Crippen molar-refractivity contribution in [3.8, 4) is 0 Å². The maximum absolute atomic E-state index is 9.13. The fraction of sp³-hybridized carbons (Fsp3) is 0.692. The molecule has 0 atom stereocenters. The lowest BCUT2D eigenvalue weighted by Crippen LogP contribution is -2.29. The molecule has 0 spiro atoms. The average molecular weight is 252 g/mol. The number of aliphatic hydroxyl groups is 1. The van der Waals surface area contributed by atoms with E-state index >= 15 is 0 Å². The Labute approximate surface area is 109 Å². The van der Waals surface area contributed by atoms with E-state index in [1.54, 1.807) is 6.33 Å². The number of aliphatic hydroxyl groups excluding tert-OH is 1. The molecule has 0 aliphatic carbocycles. The molecular formula is C13H24N4O. The summed E-state index contributed by atoms with van der Waals surface area (Å²) in [5.41, 5.74) is 1.05. The average Bonchev–Trinajstić information content (AvgIpc) is 2.37. The summed E-state index contributed by atoms with van der Waals surface area (Å²) in [5, 5.41) is 12.4. The number of nitrogens with one attached hydrogen (secondary N) is 1. The summed E-state index contributed by atoms with van der Waals surface area (Å²) in [7, 11) is 0. The normalized spacial score (nSPS) is 10.4. The molecule has 0 amide bonds. The number of rotatable bonds is 8. The van der Waals surface area contributed by atoms with Gasteiger partial charge in [-0.25, -0.2) is 9.97 Å². The Morgan fingerprint density at radius 3 is 2.61 bits per heavy atom. The minimum absolute atomic E-state index is 0.140. The quantitative estimate of drug-likeness (QED) is 0.739. The largest absolute Gasteiger partial charge is 0.395 e. The number of anilines is 2. The highest BCUT2D eigenvalue weighted by molar-refractivity contribution is 5.57. The summed E-state index contributed by atoms with van der Waals surface area (Å²) in [6.45, 7) is 8.82. The molecule has 0 saturated carbocycles. The van der Waals surface area contributed by atoms with Gasteiger partial charge in [-0.05, 0) is 19.8 Å². The summed E-state index contributed by atoms with van der Waals surface area (Å²) in [6.07, 6.45) is 3.68. The van der Waals surface area contributed by atoms with Crippen LogP contribution in [-0.4, -0.2) is 41.3 Å². The van der Waals surface area contributed by atoms with Gasteiger partial charge in [-0.2, -0.15) is 0 Å². The Hall–Kier alpha value is -1.36. The summed E-state index contributed by atoms with van der Waals surface area (Å²) in [6, 6.07) is 0. The van der Waals surface area contributed by atoms with Gasteiger partial charge in [0.05, 0.1) is 6.61 Å². The van der Waals surface area contributed by atoms with Gasteiger partial charge in [0.25, 0.3) is 0 Å². The van der Waals surface area contributed by atoms with Gasteiger partial charge in [0, 0.05) is 25.2 Å². The molecule has 102 valence electrons. The molecule has 1 rings (SSSR count). The predicted octanol–water partition coefficient (Wildman–Crippen LogP) is 1.82. The van der Waals surface area contributed by atoms with Gasteiger partial charge in [0.2, 0.25) is 0 Å². The van der Waals surface area contributed by atoms with E-state index < -0.39 is 0 Å². The van der Waals surface area contributed by atoms with Crippen LogP contribution in [0.15, 0.2) is 6.33 Å². The van der Waals surface area contributed by atoms with Crippen LogP contribution in [0.5, 0.6) is 0 Å². The monoisotopic (exact) mass is 252 g/mol. The molecule has 0 fully saturated rings. The van der Waals surface area contributed by atoms with Crippen LogP contribution in [0.4, 0.5) is 11.6 Å². The number of hydrogen-bond donors (Lipinski definition) is 2. The van der Waals surface area contributed by atoms with Gasteiger partial charge in [0.1, 0.15) is 18.0 Å². The van der Waals surface area contributed by atoms with Crippen LogP contribution in [0, 0.1) is 6.92 Å². The van der Waals surface area contributed by atoms with E-state index in [4.69, 9.17) is 5.11 Å². The highest BCUT2D eigenvalue weighted by atomic mass is 16.3. The molecule has 1 aromatic rings. The van der Waals surface area contributed by atoms with Gasteiger partial charge in [0.15, 0.2) is 0 Å². The van der Waals surface area contributed by atoms with E-state index in [-0.39, 0.29) is 6.61 Å². The van der Waals surface area contributed by atoms with E-state index in [2.05, 4.69) is 34.0 Å². The minimum atomic E-state index is 0.140. The van der Waals surface area contributed by atoms with Crippen molar-refractivity contribution in [1.82, 2.24) is 9.97 Å². The van der Waals surface area contributed by atoms with Crippen molar-refractivity contribution >= 4 is 11.6 Å². The van der Waals surface area contributed by atoms with Crippen molar-refractivity contribution in [2.45, 2.75) is 33.6 Å². The van der Waals surface area contributed by atoms with Gasteiger partial charge in [-0.3, -0.25) is 0 Å². The molecule has 0 radical (unpaired) electrons. The zero-order valence-electron chi connectivity index (χ0n) is 11.6. The lowest BCUT2D eigenvalue weighted by molar-refractivity contribution is 0.301. The van der Waals surface area contributed by atoms with E-state index in [0.29, 0.717) is 6.54 Å². The SMILES string of the molecule is CCCNc1ncnc(N(CCC)CCO)c1C. The van der Waals surface area contributed by atoms with E-state index in [1.807, 2.05) is 6.92 Å². The third-order valence-electron chi connectivity index (χ3n) is 2.76. The van der Waals surface area contributed by atoms with Crippen LogP contribution >= 0.6 is 0 Å². The third kappa shape index (κ3) is 3.84. The standard InChI is InChI=1S/C13H24N4O/c1-4-6-14-12-11(3)13(16-10-15-12)17(7-5-2)8-9-18/h10,18H,4-9H2,1-3H3,(H,14,15,16). The fourth-order valence-electron chi connectivity index (χ4n) is 1.90. The number of nitrogens with zero attached hydrogens (tertiary/aromatic N) is 3. The van der Waals surface area contributed by atoms with Gasteiger partial charge >= 0.3 is 0 Å². The molecular weight excluding hydrogens is 228 g/mol. The molecule has 0 aliphatic rings. The summed E-state index contributed by atoms with van der Waals surface area (Å²) < 4.78 is 0. The Bertz CT molecular complexity index is 351. The second-order valence-corrected chi connectivity index (χ2v) is 4.31. The second-order valence-electron chi connectivity index (χ2n) is 4.31. The zero-order chi connectivity index (χ0) is 13.4. The predicted molar refractivity (Wildman–Crippen MR) is 75.1 cm³/mol. The first-order chi connectivity index (χ1) is 8.74. The minimum Gasteiger partial charge on any atom is -0.395 e. The topological polar surface area (TPSA) is 61.3 Å². The molecule has 18 heavy (non-hydrogen) atoms. The van der Waals surface area contributed by atoms with Crippen molar-refractivity contribution in [1.29, 1.82) is 0 Å². The van der Waals surface area contributed by atoms with E-state index in [0.717, 1.165) is 43.1 Å². The Morgan fingerprint density at radius 1 is 1.22 bits per heavy atom. The van der Waals surface area contributed by atoms with Crippen LogP contribution in [0.2, 0.25) is 0 Å². The van der Waals surface area contributed by atoms with Crippen molar-refractivity contribution in [3.63, 3.8) is 0 Å². The molecule has 2 N–H and O–H groups in total. The van der Waals surface area contributed by atoms with Crippen LogP contribution in [0.1, 0.15) is 32.3 Å². The maximum atomic E-state index is 9.13. The first-order valence-corrected chi connectivity index (χ1v) is 6.65. The number of aromatic nitrogens is 2. The number of hydrogen-bond acceptors (Lipinski definition) is 5. The highest BCUT2D eigenvalue weighted by Crippen LogP contribution is 2.22. The fourth-order valence-corrected chi connectivity index (χ4v) is 1.90.